The molecule has 1 aliphatic heterocycles. The predicted molar refractivity (Wildman–Crippen MR) is 102 cm³/mol. The molecule has 1 fully saturated rings. The van der Waals surface area contributed by atoms with Crippen molar-refractivity contribution in [2.75, 3.05) is 31.7 Å². The standard InChI is InChI=1S/C19H22N2O5S/c1-25-16-4-2-5-17(14-16)26-13-11-20-27(23,24)18-9-7-15(8-10-18)21-12-3-6-19(21)22/h2,4-5,7-10,14,20H,3,6,11-13H2,1H3. The van der Waals surface area contributed by atoms with Gasteiger partial charge in [0.25, 0.3) is 0 Å². The minimum Gasteiger partial charge on any atom is -0.497 e. The van der Waals surface area contributed by atoms with Crippen LogP contribution in [0.1, 0.15) is 12.8 Å². The van der Waals surface area contributed by atoms with Gasteiger partial charge in [-0.15, -0.1) is 0 Å². The number of ether oxygens (including phenoxy) is 2. The van der Waals surface area contributed by atoms with Gasteiger partial charge in [0, 0.05) is 31.3 Å². The van der Waals surface area contributed by atoms with Crippen molar-refractivity contribution in [3.63, 3.8) is 0 Å². The summed E-state index contributed by atoms with van der Waals surface area (Å²) in [4.78, 5) is 13.6. The van der Waals surface area contributed by atoms with E-state index in [1.807, 2.05) is 0 Å². The van der Waals surface area contributed by atoms with E-state index in [1.54, 1.807) is 48.4 Å². The first-order valence-corrected chi connectivity index (χ1v) is 10.1. The van der Waals surface area contributed by atoms with Crippen molar-refractivity contribution < 1.29 is 22.7 Å². The smallest absolute Gasteiger partial charge is 0.240 e. The zero-order chi connectivity index (χ0) is 19.3. The van der Waals surface area contributed by atoms with Crippen LogP contribution in [0, 0.1) is 0 Å². The van der Waals surface area contributed by atoms with Crippen molar-refractivity contribution in [1.29, 1.82) is 0 Å². The van der Waals surface area contributed by atoms with Gasteiger partial charge in [-0.25, -0.2) is 13.1 Å². The van der Waals surface area contributed by atoms with Crippen LogP contribution in [-0.4, -0.2) is 41.1 Å². The van der Waals surface area contributed by atoms with Gasteiger partial charge in [0.05, 0.1) is 12.0 Å². The average molecular weight is 390 g/mol. The van der Waals surface area contributed by atoms with Crippen LogP contribution >= 0.6 is 0 Å². The fraction of sp³-hybridized carbons (Fsp3) is 0.316. The average Bonchev–Trinajstić information content (AvgIpc) is 3.11. The first-order chi connectivity index (χ1) is 13.0. The molecular formula is C19H22N2O5S. The summed E-state index contributed by atoms with van der Waals surface area (Å²) < 4.78 is 37.9. The number of carbonyl (C=O) groups is 1. The molecule has 0 saturated carbocycles. The van der Waals surface area contributed by atoms with Crippen LogP contribution in [0.2, 0.25) is 0 Å². The maximum atomic E-state index is 12.4. The number of benzene rings is 2. The second-order valence-corrected chi connectivity index (χ2v) is 7.84. The highest BCUT2D eigenvalue weighted by molar-refractivity contribution is 7.89. The van der Waals surface area contributed by atoms with Gasteiger partial charge >= 0.3 is 0 Å². The molecule has 2 aromatic carbocycles. The quantitative estimate of drug-likeness (QED) is 0.699. The van der Waals surface area contributed by atoms with E-state index in [0.29, 0.717) is 24.5 Å². The summed E-state index contributed by atoms with van der Waals surface area (Å²) in [5, 5.41) is 0. The number of carbonyl (C=O) groups excluding carboxylic acids is 1. The molecule has 2 aromatic rings. The van der Waals surface area contributed by atoms with Crippen LogP contribution < -0.4 is 19.1 Å². The Hall–Kier alpha value is -2.58. The first kappa shape index (κ1) is 19.2. The number of nitrogens with zero attached hydrogens (tertiary/aromatic N) is 1. The molecule has 1 N–H and O–H groups in total. The second kappa shape index (κ2) is 8.41. The van der Waals surface area contributed by atoms with E-state index < -0.39 is 10.0 Å². The minimum absolute atomic E-state index is 0.0680. The molecule has 1 saturated heterocycles. The van der Waals surface area contributed by atoms with Crippen LogP contribution in [0.25, 0.3) is 0 Å². The molecule has 144 valence electrons. The van der Waals surface area contributed by atoms with Crippen molar-refractivity contribution >= 4 is 21.6 Å². The van der Waals surface area contributed by atoms with E-state index in [9.17, 15) is 13.2 Å². The molecule has 0 unspecified atom stereocenters. The predicted octanol–water partition coefficient (Wildman–Crippen LogP) is 2.18. The molecule has 1 aliphatic rings. The molecule has 0 radical (unpaired) electrons. The van der Waals surface area contributed by atoms with Crippen LogP contribution in [0.4, 0.5) is 5.69 Å². The highest BCUT2D eigenvalue weighted by Crippen LogP contribution is 2.23. The van der Waals surface area contributed by atoms with E-state index in [4.69, 9.17) is 9.47 Å². The van der Waals surface area contributed by atoms with Crippen molar-refractivity contribution in [1.82, 2.24) is 4.72 Å². The Morgan fingerprint density at radius 2 is 1.85 bits per heavy atom. The number of sulfonamides is 1. The first-order valence-electron chi connectivity index (χ1n) is 8.66. The van der Waals surface area contributed by atoms with Gasteiger partial charge < -0.3 is 14.4 Å². The highest BCUT2D eigenvalue weighted by Gasteiger charge is 2.22. The number of hydrogen-bond acceptors (Lipinski definition) is 5. The summed E-state index contributed by atoms with van der Waals surface area (Å²) >= 11 is 0. The third-order valence-corrected chi connectivity index (χ3v) is 5.71. The Morgan fingerprint density at radius 1 is 1.11 bits per heavy atom. The van der Waals surface area contributed by atoms with Gasteiger partial charge in [-0.3, -0.25) is 4.79 Å². The second-order valence-electron chi connectivity index (χ2n) is 6.07. The summed E-state index contributed by atoms with van der Waals surface area (Å²) in [6.45, 7) is 0.990. The summed E-state index contributed by atoms with van der Waals surface area (Å²) in [7, 11) is -2.07. The topological polar surface area (TPSA) is 84.9 Å². The highest BCUT2D eigenvalue weighted by atomic mass is 32.2. The van der Waals surface area contributed by atoms with E-state index in [2.05, 4.69) is 4.72 Å². The molecule has 0 aliphatic carbocycles. The normalized spacial score (nSPS) is 14.4. The number of hydrogen-bond donors (Lipinski definition) is 1. The van der Waals surface area contributed by atoms with Crippen molar-refractivity contribution in [3.8, 4) is 11.5 Å². The Balaban J connectivity index is 1.54. The van der Waals surface area contributed by atoms with Crippen LogP contribution in [0.5, 0.6) is 11.5 Å². The molecule has 0 bridgehead atoms. The Bertz CT molecular complexity index is 897. The van der Waals surface area contributed by atoms with Crippen LogP contribution in [-0.2, 0) is 14.8 Å². The van der Waals surface area contributed by atoms with E-state index in [0.717, 1.165) is 12.1 Å². The van der Waals surface area contributed by atoms with Gasteiger partial charge in [-0.05, 0) is 42.8 Å². The van der Waals surface area contributed by atoms with Crippen molar-refractivity contribution in [3.05, 3.63) is 48.5 Å². The summed E-state index contributed by atoms with van der Waals surface area (Å²) in [6.07, 6.45) is 1.36. The van der Waals surface area contributed by atoms with Crippen LogP contribution in [0.15, 0.2) is 53.4 Å². The largest absolute Gasteiger partial charge is 0.497 e. The molecule has 0 aromatic heterocycles. The monoisotopic (exact) mass is 390 g/mol. The minimum atomic E-state index is -3.64. The van der Waals surface area contributed by atoms with Gasteiger partial charge in [0.1, 0.15) is 18.1 Å². The fourth-order valence-corrected chi connectivity index (χ4v) is 3.86. The lowest BCUT2D eigenvalue weighted by Crippen LogP contribution is -2.28. The SMILES string of the molecule is COc1cccc(OCCNS(=O)(=O)c2ccc(N3CCCC3=O)cc2)c1. The third kappa shape index (κ3) is 4.78. The molecule has 0 atom stereocenters. The molecule has 1 amide bonds. The number of rotatable bonds is 8. The van der Waals surface area contributed by atoms with Crippen molar-refractivity contribution in [2.45, 2.75) is 17.7 Å². The van der Waals surface area contributed by atoms with E-state index in [-0.39, 0.29) is 24.0 Å². The molecule has 27 heavy (non-hydrogen) atoms. The van der Waals surface area contributed by atoms with E-state index in [1.165, 1.54) is 12.1 Å². The fourth-order valence-electron chi connectivity index (χ4n) is 2.85. The maximum absolute atomic E-state index is 12.4. The zero-order valence-electron chi connectivity index (χ0n) is 15.1. The number of anilines is 1. The van der Waals surface area contributed by atoms with Gasteiger partial charge in [0.15, 0.2) is 0 Å². The van der Waals surface area contributed by atoms with E-state index >= 15 is 0 Å². The summed E-state index contributed by atoms with van der Waals surface area (Å²) in [5.74, 6) is 1.34. The molecule has 7 nitrogen and oxygen atoms in total. The molecule has 0 spiro atoms. The number of nitrogens with one attached hydrogen (secondary N) is 1. The molecular weight excluding hydrogens is 368 g/mol. The molecule has 8 heteroatoms. The summed E-state index contributed by atoms with van der Waals surface area (Å²) in [6, 6.07) is 13.4. The molecule has 3 rings (SSSR count). The van der Waals surface area contributed by atoms with Gasteiger partial charge in [-0.2, -0.15) is 0 Å². The van der Waals surface area contributed by atoms with Crippen LogP contribution in [0.3, 0.4) is 0 Å². The van der Waals surface area contributed by atoms with Gasteiger partial charge in [-0.1, -0.05) is 6.07 Å². The Kier molecular flexibility index (Phi) is 5.98. The third-order valence-electron chi connectivity index (χ3n) is 4.24. The lowest BCUT2D eigenvalue weighted by molar-refractivity contribution is -0.117. The van der Waals surface area contributed by atoms with Crippen molar-refractivity contribution in [2.24, 2.45) is 0 Å². The molecule has 1 heterocycles. The summed E-state index contributed by atoms with van der Waals surface area (Å²) in [5.41, 5.74) is 0.720. The Morgan fingerprint density at radius 3 is 2.52 bits per heavy atom. The zero-order valence-corrected chi connectivity index (χ0v) is 15.9. The lowest BCUT2D eigenvalue weighted by Gasteiger charge is -2.16. The maximum Gasteiger partial charge on any atom is 0.240 e. The number of amides is 1. The lowest BCUT2D eigenvalue weighted by atomic mass is 10.3. The Labute approximate surface area is 158 Å². The number of methoxy groups -OCH3 is 1. The van der Waals surface area contributed by atoms with Gasteiger partial charge in [0.2, 0.25) is 15.9 Å².